The molecule has 0 aliphatic carbocycles. The molecule has 0 spiro atoms. The molecule has 0 radical (unpaired) electrons. The van der Waals surface area contributed by atoms with E-state index < -0.39 is 5.82 Å². The number of imidazole rings is 1. The molecule has 0 atom stereocenters. The molecular formula is C25H24F2N6O. The molecule has 2 aromatic carbocycles. The summed E-state index contributed by atoms with van der Waals surface area (Å²) in [5.41, 5.74) is 2.74. The van der Waals surface area contributed by atoms with E-state index in [1.807, 2.05) is 17.9 Å². The van der Waals surface area contributed by atoms with Crippen LogP contribution in [-0.2, 0) is 4.79 Å². The Hall–Kier alpha value is -4.01. The van der Waals surface area contributed by atoms with Gasteiger partial charge in [0.15, 0.2) is 5.65 Å². The molecule has 7 nitrogen and oxygen atoms in total. The maximum Gasteiger partial charge on any atom is 0.242 e. The van der Waals surface area contributed by atoms with E-state index in [-0.39, 0.29) is 18.3 Å². The fourth-order valence-electron chi connectivity index (χ4n) is 4.25. The zero-order valence-corrected chi connectivity index (χ0v) is 18.7. The molecule has 0 saturated carbocycles. The molecule has 1 aliphatic heterocycles. The van der Waals surface area contributed by atoms with Crippen molar-refractivity contribution in [3.05, 3.63) is 78.3 Å². The molecular weight excluding hydrogens is 438 g/mol. The number of nitrogens with zero attached hydrogens (tertiary/aromatic N) is 5. The molecule has 1 fully saturated rings. The van der Waals surface area contributed by atoms with E-state index in [4.69, 9.17) is 0 Å². The highest BCUT2D eigenvalue weighted by atomic mass is 19.1. The maximum atomic E-state index is 14.5. The third-order valence-electron chi connectivity index (χ3n) is 6.04. The second-order valence-corrected chi connectivity index (χ2v) is 8.27. The number of hydrogen-bond donors (Lipinski definition) is 1. The number of carbonyl (C=O) groups excluding carboxylic acids is 1. The summed E-state index contributed by atoms with van der Waals surface area (Å²) >= 11 is 0. The van der Waals surface area contributed by atoms with Crippen LogP contribution >= 0.6 is 0 Å². The lowest BCUT2D eigenvalue weighted by atomic mass is 10.1. The summed E-state index contributed by atoms with van der Waals surface area (Å²) in [4.78, 5) is 25.3. The van der Waals surface area contributed by atoms with Crippen molar-refractivity contribution in [1.29, 1.82) is 0 Å². The minimum absolute atomic E-state index is 0.0243. The summed E-state index contributed by atoms with van der Waals surface area (Å²) in [5, 5.41) is 3.16. The van der Waals surface area contributed by atoms with E-state index in [1.165, 1.54) is 12.1 Å². The summed E-state index contributed by atoms with van der Waals surface area (Å²) in [6.45, 7) is 3.96. The van der Waals surface area contributed by atoms with E-state index in [0.29, 0.717) is 54.6 Å². The van der Waals surface area contributed by atoms with Gasteiger partial charge < -0.3 is 15.1 Å². The molecule has 1 aliphatic rings. The van der Waals surface area contributed by atoms with E-state index in [9.17, 15) is 13.6 Å². The van der Waals surface area contributed by atoms with Gasteiger partial charge in [-0.25, -0.2) is 13.8 Å². The van der Waals surface area contributed by atoms with E-state index in [0.717, 1.165) is 5.56 Å². The predicted octanol–water partition coefficient (Wildman–Crippen LogP) is 3.74. The van der Waals surface area contributed by atoms with E-state index in [2.05, 4.69) is 15.3 Å². The minimum Gasteiger partial charge on any atom is -0.366 e. The Bertz CT molecular complexity index is 1350. The first-order chi connectivity index (χ1) is 16.5. The third kappa shape index (κ3) is 4.16. The SMILES string of the molecule is Cc1ccc(N2CCN(C(=O)CNc3c(-c4ccccc4F)nc4cnccn34)CC2)c(F)c1. The van der Waals surface area contributed by atoms with Crippen LogP contribution < -0.4 is 10.2 Å². The number of nitrogens with one attached hydrogen (secondary N) is 1. The number of fused-ring (bicyclic) bond motifs is 1. The Balaban J connectivity index is 1.29. The van der Waals surface area contributed by atoms with Crippen molar-refractivity contribution in [3.63, 3.8) is 0 Å². The molecule has 0 unspecified atom stereocenters. The number of hydrogen-bond acceptors (Lipinski definition) is 5. The number of benzene rings is 2. The molecule has 2 aromatic heterocycles. The lowest BCUT2D eigenvalue weighted by Crippen LogP contribution is -2.50. The molecule has 9 heteroatoms. The van der Waals surface area contributed by atoms with Gasteiger partial charge in [-0.15, -0.1) is 0 Å². The van der Waals surface area contributed by atoms with Gasteiger partial charge >= 0.3 is 0 Å². The first-order valence-corrected chi connectivity index (χ1v) is 11.1. The molecule has 5 rings (SSSR count). The van der Waals surface area contributed by atoms with Gasteiger partial charge in [0.25, 0.3) is 0 Å². The number of piperazine rings is 1. The van der Waals surface area contributed by atoms with Gasteiger partial charge in [0.2, 0.25) is 5.91 Å². The molecule has 1 saturated heterocycles. The molecule has 3 heterocycles. The van der Waals surface area contributed by atoms with Crippen molar-refractivity contribution < 1.29 is 13.6 Å². The van der Waals surface area contributed by atoms with Crippen molar-refractivity contribution in [3.8, 4) is 11.3 Å². The Morgan fingerprint density at radius 1 is 1.06 bits per heavy atom. The van der Waals surface area contributed by atoms with Crippen LogP contribution in [0.4, 0.5) is 20.3 Å². The summed E-state index contributed by atoms with van der Waals surface area (Å²) < 4.78 is 30.6. The standard InChI is InChI=1S/C25H24F2N6O/c1-17-6-7-21(20(27)14-17)31-10-12-32(13-11-31)23(34)16-29-25-24(18-4-2-3-5-19(18)26)30-22-15-28-8-9-33(22)25/h2-9,14-15,29H,10-13,16H2,1H3. The minimum atomic E-state index is -0.396. The number of amides is 1. The highest BCUT2D eigenvalue weighted by Crippen LogP contribution is 2.30. The molecule has 174 valence electrons. The molecule has 34 heavy (non-hydrogen) atoms. The third-order valence-corrected chi connectivity index (χ3v) is 6.04. The normalized spacial score (nSPS) is 14.0. The average Bonchev–Trinajstić information content (AvgIpc) is 3.21. The summed E-state index contributed by atoms with van der Waals surface area (Å²) in [6, 6.07) is 11.6. The molecule has 1 N–H and O–H groups in total. The van der Waals surface area contributed by atoms with Gasteiger partial charge in [-0.2, -0.15) is 0 Å². The van der Waals surface area contributed by atoms with E-state index in [1.54, 1.807) is 52.2 Å². The number of halogens is 2. The number of carbonyl (C=O) groups is 1. The summed E-state index contributed by atoms with van der Waals surface area (Å²) in [6.07, 6.45) is 4.91. The van der Waals surface area contributed by atoms with Crippen LogP contribution in [0.2, 0.25) is 0 Å². The van der Waals surface area contributed by atoms with Crippen LogP contribution in [0.1, 0.15) is 5.56 Å². The Labute approximate surface area is 195 Å². The van der Waals surface area contributed by atoms with Crippen molar-refractivity contribution in [2.45, 2.75) is 6.92 Å². The summed E-state index contributed by atoms with van der Waals surface area (Å²) in [7, 11) is 0. The first-order valence-electron chi connectivity index (χ1n) is 11.1. The number of aromatic nitrogens is 3. The van der Waals surface area contributed by atoms with Gasteiger partial charge in [-0.3, -0.25) is 14.2 Å². The average molecular weight is 463 g/mol. The van der Waals surface area contributed by atoms with Crippen LogP contribution in [0.25, 0.3) is 16.9 Å². The fourth-order valence-corrected chi connectivity index (χ4v) is 4.25. The zero-order chi connectivity index (χ0) is 23.7. The summed E-state index contributed by atoms with van der Waals surface area (Å²) in [5.74, 6) is -0.208. The predicted molar refractivity (Wildman–Crippen MR) is 127 cm³/mol. The molecule has 4 aromatic rings. The lowest BCUT2D eigenvalue weighted by molar-refractivity contribution is -0.129. The zero-order valence-electron chi connectivity index (χ0n) is 18.7. The fraction of sp³-hybridized carbons (Fsp3) is 0.240. The number of rotatable bonds is 5. The highest BCUT2D eigenvalue weighted by Gasteiger charge is 2.24. The quantitative estimate of drug-likeness (QED) is 0.490. The van der Waals surface area contributed by atoms with Gasteiger partial charge in [-0.1, -0.05) is 18.2 Å². The maximum absolute atomic E-state index is 14.5. The van der Waals surface area contributed by atoms with E-state index >= 15 is 0 Å². The first kappa shape index (κ1) is 21.8. The van der Waals surface area contributed by atoms with Gasteiger partial charge in [0.1, 0.15) is 23.1 Å². The van der Waals surface area contributed by atoms with Gasteiger partial charge in [-0.05, 0) is 36.8 Å². The Morgan fingerprint density at radius 3 is 2.62 bits per heavy atom. The van der Waals surface area contributed by atoms with Crippen LogP contribution in [-0.4, -0.2) is 57.9 Å². The van der Waals surface area contributed by atoms with Crippen molar-refractivity contribution in [1.82, 2.24) is 19.3 Å². The monoisotopic (exact) mass is 462 g/mol. The lowest BCUT2D eigenvalue weighted by Gasteiger charge is -2.36. The topological polar surface area (TPSA) is 65.8 Å². The molecule has 0 bridgehead atoms. The smallest absolute Gasteiger partial charge is 0.242 e. The number of anilines is 2. The van der Waals surface area contributed by atoms with Crippen LogP contribution in [0, 0.1) is 18.6 Å². The van der Waals surface area contributed by atoms with Crippen LogP contribution in [0.3, 0.4) is 0 Å². The number of aryl methyl sites for hydroxylation is 1. The van der Waals surface area contributed by atoms with Crippen molar-refractivity contribution >= 4 is 23.1 Å². The second kappa shape index (κ2) is 9.09. The van der Waals surface area contributed by atoms with Crippen molar-refractivity contribution in [2.75, 3.05) is 42.9 Å². The Kier molecular flexibility index (Phi) is 5.83. The Morgan fingerprint density at radius 2 is 1.85 bits per heavy atom. The van der Waals surface area contributed by atoms with Crippen LogP contribution in [0.15, 0.2) is 61.1 Å². The van der Waals surface area contributed by atoms with Gasteiger partial charge in [0.05, 0.1) is 18.4 Å². The van der Waals surface area contributed by atoms with Crippen molar-refractivity contribution in [2.24, 2.45) is 0 Å². The highest BCUT2D eigenvalue weighted by molar-refractivity contribution is 5.84. The molecule has 1 amide bonds. The van der Waals surface area contributed by atoms with Gasteiger partial charge in [0, 0.05) is 44.1 Å². The largest absolute Gasteiger partial charge is 0.366 e. The van der Waals surface area contributed by atoms with Crippen LogP contribution in [0.5, 0.6) is 0 Å². The second-order valence-electron chi connectivity index (χ2n) is 8.27.